The molecule has 0 saturated carbocycles. The summed E-state index contributed by atoms with van der Waals surface area (Å²) >= 11 is 0. The molecule has 2 aromatic rings. The number of hydrogen-bond acceptors (Lipinski definition) is 1. The van der Waals surface area contributed by atoms with E-state index in [-0.39, 0.29) is 6.41 Å². The van der Waals surface area contributed by atoms with Gasteiger partial charge < -0.3 is 10.7 Å². The van der Waals surface area contributed by atoms with E-state index in [1.807, 2.05) is 12.3 Å². The van der Waals surface area contributed by atoms with Gasteiger partial charge in [0.15, 0.2) is 0 Å². The van der Waals surface area contributed by atoms with E-state index < -0.39 is 0 Å². The first-order valence-electron chi connectivity index (χ1n) is 3.97. The molecule has 13 heavy (non-hydrogen) atoms. The number of nitrogens with one attached hydrogen (secondary N) is 1. The fourth-order valence-corrected chi connectivity index (χ4v) is 1.22. The molecule has 0 aliphatic carbocycles. The molecule has 0 atom stereocenters. The van der Waals surface area contributed by atoms with Gasteiger partial charge in [0.05, 0.1) is 0 Å². The van der Waals surface area contributed by atoms with Crippen molar-refractivity contribution in [3.05, 3.63) is 36.0 Å². The van der Waals surface area contributed by atoms with E-state index in [1.165, 1.54) is 16.5 Å². The quantitative estimate of drug-likeness (QED) is 0.588. The number of hydrogen-bond donors (Lipinski definition) is 2. The van der Waals surface area contributed by atoms with Crippen LogP contribution in [-0.2, 0) is 4.79 Å². The minimum atomic E-state index is 0.250. The number of nitrogens with two attached hydrogens (primary N) is 1. The first-order chi connectivity index (χ1) is 6.29. The molecule has 1 aromatic heterocycles. The molecule has 3 N–H and O–H groups in total. The second-order valence-electron chi connectivity index (χ2n) is 2.65. The Morgan fingerprint density at radius 3 is 2.62 bits per heavy atom. The van der Waals surface area contributed by atoms with Crippen molar-refractivity contribution in [3.8, 4) is 0 Å². The van der Waals surface area contributed by atoms with Crippen LogP contribution in [0.5, 0.6) is 0 Å². The Morgan fingerprint density at radius 2 is 2.00 bits per heavy atom. The minimum Gasteiger partial charge on any atom is -0.372 e. The van der Waals surface area contributed by atoms with E-state index in [2.05, 4.69) is 35.8 Å². The first kappa shape index (κ1) is 9.32. The number of fused-ring (bicyclic) bond motifs is 1. The van der Waals surface area contributed by atoms with E-state index in [1.54, 1.807) is 0 Å². The van der Waals surface area contributed by atoms with Crippen LogP contribution in [-0.4, -0.2) is 11.4 Å². The summed E-state index contributed by atoms with van der Waals surface area (Å²) in [5.41, 5.74) is 6.70. The van der Waals surface area contributed by atoms with Gasteiger partial charge in [0, 0.05) is 17.1 Å². The molecule has 0 bridgehead atoms. The summed E-state index contributed by atoms with van der Waals surface area (Å²) in [5, 5.41) is 1.32. The molecule has 0 radical (unpaired) electrons. The molecule has 1 amide bonds. The lowest BCUT2D eigenvalue weighted by Gasteiger charge is -1.86. The highest BCUT2D eigenvalue weighted by molar-refractivity contribution is 5.82. The predicted octanol–water partition coefficient (Wildman–Crippen LogP) is 1.58. The van der Waals surface area contributed by atoms with Gasteiger partial charge >= 0.3 is 0 Å². The monoisotopic (exact) mass is 176 g/mol. The second-order valence-corrected chi connectivity index (χ2v) is 2.65. The number of benzene rings is 1. The van der Waals surface area contributed by atoms with Crippen molar-refractivity contribution < 1.29 is 4.79 Å². The number of primary amides is 1. The van der Waals surface area contributed by atoms with E-state index in [9.17, 15) is 0 Å². The standard InChI is InChI=1S/C9H9N.CH3NO/c1-7-6-10-9-5-3-2-4-8(7)9;2-1-3/h2-6,10H,1H3;1H,(H2,2,3). The van der Waals surface area contributed by atoms with Gasteiger partial charge in [0.2, 0.25) is 6.41 Å². The zero-order chi connectivity index (χ0) is 9.68. The van der Waals surface area contributed by atoms with Gasteiger partial charge in [-0.1, -0.05) is 18.2 Å². The van der Waals surface area contributed by atoms with Gasteiger partial charge in [-0.3, -0.25) is 4.79 Å². The maximum absolute atomic E-state index is 8.58. The van der Waals surface area contributed by atoms with Gasteiger partial charge in [-0.25, -0.2) is 0 Å². The third-order valence-electron chi connectivity index (χ3n) is 1.80. The predicted molar refractivity (Wildman–Crippen MR) is 53.3 cm³/mol. The Hall–Kier alpha value is -1.77. The maximum Gasteiger partial charge on any atom is 0.204 e. The molecular formula is C10H12N2O. The SMILES string of the molecule is Cc1c[nH]c2ccccc12.NC=O. The molecule has 3 heteroatoms. The fourth-order valence-electron chi connectivity index (χ4n) is 1.22. The highest BCUT2D eigenvalue weighted by atomic mass is 16.1. The van der Waals surface area contributed by atoms with E-state index in [4.69, 9.17) is 4.79 Å². The lowest BCUT2D eigenvalue weighted by Crippen LogP contribution is -1.82. The number of para-hydroxylation sites is 1. The average Bonchev–Trinajstić information content (AvgIpc) is 2.50. The molecule has 0 aliphatic heterocycles. The lowest BCUT2D eigenvalue weighted by molar-refractivity contribution is -0.106. The van der Waals surface area contributed by atoms with Crippen molar-refractivity contribution >= 4 is 17.3 Å². The third kappa shape index (κ3) is 2.08. The molecular weight excluding hydrogens is 164 g/mol. The van der Waals surface area contributed by atoms with E-state index >= 15 is 0 Å². The Morgan fingerprint density at radius 1 is 1.38 bits per heavy atom. The summed E-state index contributed by atoms with van der Waals surface area (Å²) < 4.78 is 0. The maximum atomic E-state index is 8.58. The van der Waals surface area contributed by atoms with Crippen LogP contribution in [0.4, 0.5) is 0 Å². The van der Waals surface area contributed by atoms with Crippen LogP contribution < -0.4 is 5.73 Å². The van der Waals surface area contributed by atoms with Crippen LogP contribution in [0.3, 0.4) is 0 Å². The van der Waals surface area contributed by atoms with Crippen LogP contribution in [0.15, 0.2) is 30.5 Å². The smallest absolute Gasteiger partial charge is 0.204 e. The van der Waals surface area contributed by atoms with Gasteiger partial charge in [0.1, 0.15) is 0 Å². The largest absolute Gasteiger partial charge is 0.372 e. The molecule has 1 heterocycles. The van der Waals surface area contributed by atoms with Crippen molar-refractivity contribution in [1.82, 2.24) is 4.98 Å². The molecule has 68 valence electrons. The molecule has 0 aliphatic rings. The number of aromatic nitrogens is 1. The number of aromatic amines is 1. The fraction of sp³-hybridized carbons (Fsp3) is 0.100. The molecule has 0 unspecified atom stereocenters. The number of carbonyl (C=O) groups excluding carboxylic acids is 1. The zero-order valence-corrected chi connectivity index (χ0v) is 7.45. The van der Waals surface area contributed by atoms with Crippen LogP contribution in [0, 0.1) is 6.92 Å². The van der Waals surface area contributed by atoms with Crippen molar-refractivity contribution in [2.24, 2.45) is 5.73 Å². The highest BCUT2D eigenvalue weighted by Gasteiger charge is 1.94. The lowest BCUT2D eigenvalue weighted by atomic mass is 10.2. The number of aryl methyl sites for hydroxylation is 1. The second kappa shape index (κ2) is 4.30. The topological polar surface area (TPSA) is 58.9 Å². The molecule has 3 nitrogen and oxygen atoms in total. The minimum absolute atomic E-state index is 0.250. The van der Waals surface area contributed by atoms with Crippen LogP contribution in [0.1, 0.15) is 5.56 Å². The summed E-state index contributed by atoms with van der Waals surface area (Å²) in [6.45, 7) is 2.11. The summed E-state index contributed by atoms with van der Waals surface area (Å²) in [7, 11) is 0. The summed E-state index contributed by atoms with van der Waals surface area (Å²) in [4.78, 5) is 11.8. The molecule has 0 spiro atoms. The molecule has 0 saturated heterocycles. The molecule has 1 aromatic carbocycles. The Labute approximate surface area is 76.6 Å². The normalized spacial score (nSPS) is 9.00. The molecule has 0 fully saturated rings. The van der Waals surface area contributed by atoms with Crippen LogP contribution in [0.2, 0.25) is 0 Å². The van der Waals surface area contributed by atoms with Crippen molar-refractivity contribution in [1.29, 1.82) is 0 Å². The number of carbonyl (C=O) groups is 1. The average molecular weight is 176 g/mol. The van der Waals surface area contributed by atoms with Gasteiger partial charge in [-0.15, -0.1) is 0 Å². The number of amides is 1. The summed E-state index contributed by atoms with van der Waals surface area (Å²) in [6, 6.07) is 8.31. The van der Waals surface area contributed by atoms with Gasteiger partial charge in [-0.2, -0.15) is 0 Å². The highest BCUT2D eigenvalue weighted by Crippen LogP contribution is 2.15. The van der Waals surface area contributed by atoms with Crippen LogP contribution in [0.25, 0.3) is 10.9 Å². The Bertz CT molecular complexity index is 392. The Balaban J connectivity index is 0.000000251. The van der Waals surface area contributed by atoms with Gasteiger partial charge in [-0.05, 0) is 18.6 Å². The summed E-state index contributed by atoms with van der Waals surface area (Å²) in [6.07, 6.45) is 2.28. The van der Waals surface area contributed by atoms with Crippen molar-refractivity contribution in [2.75, 3.05) is 0 Å². The summed E-state index contributed by atoms with van der Waals surface area (Å²) in [5.74, 6) is 0. The van der Waals surface area contributed by atoms with Crippen molar-refractivity contribution in [3.63, 3.8) is 0 Å². The number of H-pyrrole nitrogens is 1. The molecule has 2 rings (SSSR count). The number of rotatable bonds is 0. The third-order valence-corrected chi connectivity index (χ3v) is 1.80. The van der Waals surface area contributed by atoms with Crippen molar-refractivity contribution in [2.45, 2.75) is 6.92 Å². The Kier molecular flexibility index (Phi) is 3.09. The van der Waals surface area contributed by atoms with E-state index in [0.717, 1.165) is 0 Å². The zero-order valence-electron chi connectivity index (χ0n) is 7.45. The van der Waals surface area contributed by atoms with Gasteiger partial charge in [0.25, 0.3) is 0 Å². The van der Waals surface area contributed by atoms with E-state index in [0.29, 0.717) is 0 Å². The first-order valence-corrected chi connectivity index (χ1v) is 3.97. The van der Waals surface area contributed by atoms with Crippen LogP contribution >= 0.6 is 0 Å².